The average Bonchev–Trinajstić information content (AvgIpc) is 2.73. The summed E-state index contributed by atoms with van der Waals surface area (Å²) in [6, 6.07) is 9.04. The fourth-order valence-electron chi connectivity index (χ4n) is 2.68. The van der Waals surface area contributed by atoms with Crippen LogP contribution in [0.2, 0.25) is 0 Å². The Hall–Kier alpha value is -3.11. The van der Waals surface area contributed by atoms with Gasteiger partial charge < -0.3 is 19.5 Å². The molecule has 160 valence electrons. The Morgan fingerprint density at radius 3 is 2.47 bits per heavy atom. The van der Waals surface area contributed by atoms with Crippen LogP contribution in [0.15, 0.2) is 41.3 Å². The van der Waals surface area contributed by atoms with E-state index >= 15 is 0 Å². The molecule has 0 aliphatic carbocycles. The highest BCUT2D eigenvalue weighted by atomic mass is 32.2. The number of esters is 1. The molecule has 10 heteroatoms. The lowest BCUT2D eigenvalue weighted by atomic mass is 10.2. The Morgan fingerprint density at radius 1 is 1.07 bits per heavy atom. The van der Waals surface area contributed by atoms with E-state index in [1.165, 1.54) is 38.4 Å². The molecule has 3 rings (SSSR count). The fraction of sp³-hybridized carbons (Fsp3) is 0.300. The highest BCUT2D eigenvalue weighted by molar-refractivity contribution is 7.89. The van der Waals surface area contributed by atoms with Crippen molar-refractivity contribution >= 4 is 27.6 Å². The number of benzene rings is 2. The van der Waals surface area contributed by atoms with E-state index in [1.807, 2.05) is 0 Å². The van der Waals surface area contributed by atoms with Crippen molar-refractivity contribution in [1.82, 2.24) is 4.31 Å². The maximum atomic E-state index is 12.3. The summed E-state index contributed by atoms with van der Waals surface area (Å²) in [6.07, 6.45) is 0. The van der Waals surface area contributed by atoms with E-state index in [-0.39, 0.29) is 10.5 Å². The van der Waals surface area contributed by atoms with E-state index in [1.54, 1.807) is 19.1 Å². The quantitative estimate of drug-likeness (QED) is 0.690. The molecule has 0 bridgehead atoms. The Labute approximate surface area is 174 Å². The van der Waals surface area contributed by atoms with Crippen molar-refractivity contribution in [2.24, 2.45) is 0 Å². The number of sulfonamides is 1. The molecule has 30 heavy (non-hydrogen) atoms. The van der Waals surface area contributed by atoms with Crippen LogP contribution in [0.25, 0.3) is 0 Å². The number of nitrogens with one attached hydrogen (secondary N) is 1. The number of rotatable bonds is 6. The van der Waals surface area contributed by atoms with Crippen molar-refractivity contribution in [2.75, 3.05) is 39.2 Å². The zero-order valence-electron chi connectivity index (χ0n) is 16.8. The Kier molecular flexibility index (Phi) is 6.28. The lowest BCUT2D eigenvalue weighted by Gasteiger charge is -2.18. The third-order valence-electron chi connectivity index (χ3n) is 4.37. The molecular formula is C20H22N2O7S. The van der Waals surface area contributed by atoms with E-state index in [0.717, 1.165) is 4.31 Å². The second-order valence-electron chi connectivity index (χ2n) is 6.75. The van der Waals surface area contributed by atoms with Gasteiger partial charge in [-0.3, -0.25) is 4.79 Å². The number of nitrogens with zero attached hydrogens (tertiary/aromatic N) is 1. The predicted molar refractivity (Wildman–Crippen MR) is 108 cm³/mol. The van der Waals surface area contributed by atoms with Crippen molar-refractivity contribution in [2.45, 2.75) is 11.8 Å². The first kappa shape index (κ1) is 21.6. The van der Waals surface area contributed by atoms with Gasteiger partial charge in [0.2, 0.25) is 10.0 Å². The first-order chi connectivity index (χ1) is 14.2. The molecule has 2 aromatic rings. The van der Waals surface area contributed by atoms with Crippen molar-refractivity contribution in [3.8, 4) is 11.5 Å². The molecule has 0 unspecified atom stereocenters. The molecule has 0 spiro atoms. The number of ether oxygens (including phenoxy) is 3. The molecule has 2 aromatic carbocycles. The van der Waals surface area contributed by atoms with Gasteiger partial charge in [-0.15, -0.1) is 0 Å². The standard InChI is InChI=1S/C20H22N2O7S/c1-13-4-6-15(30(25,26)22(2)3)11-16(13)21-19(23)12-29-20(24)14-5-7-17-18(10-14)28-9-8-27-17/h4-7,10-11H,8-9,12H2,1-3H3,(H,21,23). The monoisotopic (exact) mass is 434 g/mol. The van der Waals surface area contributed by atoms with Gasteiger partial charge in [-0.2, -0.15) is 0 Å². The van der Waals surface area contributed by atoms with Gasteiger partial charge in [0.05, 0.1) is 10.5 Å². The lowest BCUT2D eigenvalue weighted by molar-refractivity contribution is -0.119. The molecule has 0 saturated carbocycles. The number of anilines is 1. The minimum atomic E-state index is -3.65. The summed E-state index contributed by atoms with van der Waals surface area (Å²) in [5.74, 6) is -0.306. The van der Waals surface area contributed by atoms with Gasteiger partial charge in [0.25, 0.3) is 5.91 Å². The largest absolute Gasteiger partial charge is 0.486 e. The predicted octanol–water partition coefficient (Wildman–Crippen LogP) is 1.81. The number of aryl methyl sites for hydroxylation is 1. The van der Waals surface area contributed by atoms with Crippen LogP contribution in [0.5, 0.6) is 11.5 Å². The third kappa shape index (κ3) is 4.71. The minimum Gasteiger partial charge on any atom is -0.486 e. The van der Waals surface area contributed by atoms with Crippen molar-refractivity contribution in [3.05, 3.63) is 47.5 Å². The van der Waals surface area contributed by atoms with Gasteiger partial charge in [0, 0.05) is 19.8 Å². The van der Waals surface area contributed by atoms with Crippen LogP contribution >= 0.6 is 0 Å². The summed E-state index contributed by atoms with van der Waals surface area (Å²) in [4.78, 5) is 24.5. The molecule has 1 heterocycles. The maximum absolute atomic E-state index is 12.3. The Morgan fingerprint density at radius 2 is 1.77 bits per heavy atom. The summed E-state index contributed by atoms with van der Waals surface area (Å²) < 4.78 is 41.5. The summed E-state index contributed by atoms with van der Waals surface area (Å²) in [5, 5.41) is 2.57. The van der Waals surface area contributed by atoms with Gasteiger partial charge in [-0.05, 0) is 42.8 Å². The van der Waals surface area contributed by atoms with Crippen molar-refractivity contribution < 1.29 is 32.2 Å². The third-order valence-corrected chi connectivity index (χ3v) is 6.19. The van der Waals surface area contributed by atoms with Gasteiger partial charge in [0.15, 0.2) is 18.1 Å². The number of hydrogen-bond donors (Lipinski definition) is 1. The molecule has 0 saturated heterocycles. The van der Waals surface area contributed by atoms with Crippen LogP contribution in [0.3, 0.4) is 0 Å². The molecule has 1 amide bonds. The van der Waals surface area contributed by atoms with Crippen molar-refractivity contribution in [3.63, 3.8) is 0 Å². The van der Waals surface area contributed by atoms with Crippen LogP contribution in [-0.4, -0.2) is 58.5 Å². The SMILES string of the molecule is Cc1ccc(S(=O)(=O)N(C)C)cc1NC(=O)COC(=O)c1ccc2c(c1)OCCO2. The Bertz CT molecular complexity index is 1080. The molecule has 0 radical (unpaired) electrons. The molecule has 0 atom stereocenters. The number of carbonyl (C=O) groups is 2. The van der Waals surface area contributed by atoms with Gasteiger partial charge in [-0.25, -0.2) is 17.5 Å². The number of carbonyl (C=O) groups excluding carboxylic acids is 2. The van der Waals surface area contributed by atoms with Gasteiger partial charge in [-0.1, -0.05) is 6.07 Å². The zero-order valence-corrected chi connectivity index (χ0v) is 17.6. The summed E-state index contributed by atoms with van der Waals surface area (Å²) in [5.41, 5.74) is 1.21. The second-order valence-corrected chi connectivity index (χ2v) is 8.90. The summed E-state index contributed by atoms with van der Waals surface area (Å²) >= 11 is 0. The number of hydrogen-bond acceptors (Lipinski definition) is 7. The molecular weight excluding hydrogens is 412 g/mol. The number of fused-ring (bicyclic) bond motifs is 1. The van der Waals surface area contributed by atoms with E-state index in [9.17, 15) is 18.0 Å². The van der Waals surface area contributed by atoms with Gasteiger partial charge >= 0.3 is 5.97 Å². The first-order valence-electron chi connectivity index (χ1n) is 9.08. The van der Waals surface area contributed by atoms with E-state index in [4.69, 9.17) is 14.2 Å². The topological polar surface area (TPSA) is 111 Å². The molecule has 1 N–H and O–H groups in total. The van der Waals surface area contributed by atoms with Crippen LogP contribution in [-0.2, 0) is 19.6 Å². The van der Waals surface area contributed by atoms with Crippen LogP contribution in [0.4, 0.5) is 5.69 Å². The van der Waals surface area contributed by atoms with Crippen LogP contribution in [0, 0.1) is 6.92 Å². The zero-order chi connectivity index (χ0) is 21.9. The number of amides is 1. The van der Waals surface area contributed by atoms with Crippen molar-refractivity contribution in [1.29, 1.82) is 0 Å². The summed E-state index contributed by atoms with van der Waals surface area (Å²) in [7, 11) is -0.804. The van der Waals surface area contributed by atoms with Crippen LogP contribution < -0.4 is 14.8 Å². The first-order valence-corrected chi connectivity index (χ1v) is 10.5. The van der Waals surface area contributed by atoms with E-state index in [2.05, 4.69) is 5.32 Å². The van der Waals surface area contributed by atoms with E-state index < -0.39 is 28.5 Å². The van der Waals surface area contributed by atoms with Crippen LogP contribution in [0.1, 0.15) is 15.9 Å². The molecule has 0 fully saturated rings. The maximum Gasteiger partial charge on any atom is 0.338 e. The summed E-state index contributed by atoms with van der Waals surface area (Å²) in [6.45, 7) is 2.02. The highest BCUT2D eigenvalue weighted by Gasteiger charge is 2.20. The molecule has 9 nitrogen and oxygen atoms in total. The normalized spacial score (nSPS) is 13.1. The minimum absolute atomic E-state index is 0.0432. The smallest absolute Gasteiger partial charge is 0.338 e. The highest BCUT2D eigenvalue weighted by Crippen LogP contribution is 2.31. The van der Waals surface area contributed by atoms with Gasteiger partial charge in [0.1, 0.15) is 13.2 Å². The molecule has 1 aliphatic rings. The van der Waals surface area contributed by atoms with E-state index in [0.29, 0.717) is 36.0 Å². The molecule has 1 aliphatic heterocycles. The second kappa shape index (κ2) is 8.72. The molecule has 0 aromatic heterocycles. The Balaban J connectivity index is 1.64. The fourth-order valence-corrected chi connectivity index (χ4v) is 3.61. The lowest BCUT2D eigenvalue weighted by Crippen LogP contribution is -2.24. The average molecular weight is 434 g/mol.